The summed E-state index contributed by atoms with van der Waals surface area (Å²) >= 11 is 0. The normalized spacial score (nSPS) is 31.7. The predicted octanol–water partition coefficient (Wildman–Crippen LogP) is 2.86. The van der Waals surface area contributed by atoms with Crippen molar-refractivity contribution in [1.29, 1.82) is 0 Å². The molecule has 3 rings (SSSR count). The molecular weight excluding hydrogens is 258 g/mol. The van der Waals surface area contributed by atoms with Gasteiger partial charge in [-0.3, -0.25) is 0 Å². The summed E-state index contributed by atoms with van der Waals surface area (Å²) in [5.74, 6) is 0. The van der Waals surface area contributed by atoms with Crippen LogP contribution in [0.4, 0.5) is 0 Å². The fourth-order valence-electron chi connectivity index (χ4n) is 4.75. The highest BCUT2D eigenvalue weighted by molar-refractivity contribution is 4.89. The molecule has 3 fully saturated rings. The minimum Gasteiger partial charge on any atom is -0.314 e. The van der Waals surface area contributed by atoms with E-state index in [1.165, 1.54) is 90.4 Å². The number of rotatable bonds is 6. The highest BCUT2D eigenvalue weighted by Gasteiger charge is 2.31. The van der Waals surface area contributed by atoms with E-state index >= 15 is 0 Å². The lowest BCUT2D eigenvalue weighted by Crippen LogP contribution is -2.46. The zero-order valence-corrected chi connectivity index (χ0v) is 14.0. The van der Waals surface area contributed by atoms with E-state index in [4.69, 9.17) is 0 Å². The number of fused-ring (bicyclic) bond motifs is 1. The van der Waals surface area contributed by atoms with Crippen molar-refractivity contribution in [3.05, 3.63) is 0 Å². The number of nitrogens with one attached hydrogen (secondary N) is 1. The molecule has 0 aromatic rings. The van der Waals surface area contributed by atoms with Crippen LogP contribution in [0.1, 0.15) is 64.2 Å². The Bertz CT molecular complexity index is 301. The minimum atomic E-state index is 0.796. The van der Waals surface area contributed by atoms with Gasteiger partial charge in [0.05, 0.1) is 0 Å². The maximum Gasteiger partial charge on any atom is 0.0111 e. The number of piperidine rings is 1. The van der Waals surface area contributed by atoms with E-state index in [-0.39, 0.29) is 0 Å². The van der Waals surface area contributed by atoms with E-state index in [1.54, 1.807) is 0 Å². The molecule has 21 heavy (non-hydrogen) atoms. The van der Waals surface area contributed by atoms with Crippen molar-refractivity contribution in [3.8, 4) is 0 Å². The molecule has 1 saturated carbocycles. The van der Waals surface area contributed by atoms with Crippen molar-refractivity contribution in [1.82, 2.24) is 15.1 Å². The van der Waals surface area contributed by atoms with Gasteiger partial charge in [0, 0.05) is 18.1 Å². The highest BCUT2D eigenvalue weighted by Crippen LogP contribution is 2.26. The van der Waals surface area contributed by atoms with Crippen LogP contribution in [0.3, 0.4) is 0 Å². The molecule has 0 aromatic heterocycles. The second-order valence-electron chi connectivity index (χ2n) is 7.63. The number of hydrogen-bond donors (Lipinski definition) is 1. The van der Waals surface area contributed by atoms with Crippen LogP contribution >= 0.6 is 0 Å². The van der Waals surface area contributed by atoms with Crippen LogP contribution in [0, 0.1) is 0 Å². The van der Waals surface area contributed by atoms with Crippen LogP contribution in [-0.4, -0.2) is 61.2 Å². The first-order valence-corrected chi connectivity index (χ1v) is 9.50. The van der Waals surface area contributed by atoms with E-state index in [2.05, 4.69) is 22.2 Å². The molecule has 0 spiro atoms. The number of nitrogens with zero attached hydrogens (tertiary/aromatic N) is 2. The topological polar surface area (TPSA) is 18.5 Å². The molecular formula is C18H35N3. The van der Waals surface area contributed by atoms with E-state index in [1.807, 2.05) is 0 Å². The second kappa shape index (κ2) is 7.94. The molecule has 2 atom stereocenters. The summed E-state index contributed by atoms with van der Waals surface area (Å²) < 4.78 is 0. The van der Waals surface area contributed by atoms with E-state index in [0.717, 1.165) is 18.1 Å². The van der Waals surface area contributed by atoms with Gasteiger partial charge in [-0.05, 0) is 78.2 Å². The average molecular weight is 293 g/mol. The van der Waals surface area contributed by atoms with E-state index < -0.39 is 0 Å². The maximum atomic E-state index is 3.84. The van der Waals surface area contributed by atoms with E-state index in [0.29, 0.717) is 0 Å². The lowest BCUT2D eigenvalue weighted by Gasteiger charge is -2.35. The number of hydrogen-bond acceptors (Lipinski definition) is 3. The van der Waals surface area contributed by atoms with Gasteiger partial charge in [0.15, 0.2) is 0 Å². The minimum absolute atomic E-state index is 0.796. The molecule has 2 aliphatic heterocycles. The van der Waals surface area contributed by atoms with Gasteiger partial charge < -0.3 is 15.1 Å². The van der Waals surface area contributed by atoms with E-state index in [9.17, 15) is 0 Å². The Labute approximate surface area is 131 Å². The van der Waals surface area contributed by atoms with Crippen molar-refractivity contribution in [3.63, 3.8) is 0 Å². The largest absolute Gasteiger partial charge is 0.314 e. The zero-order chi connectivity index (χ0) is 14.5. The van der Waals surface area contributed by atoms with Gasteiger partial charge in [-0.25, -0.2) is 0 Å². The molecule has 3 aliphatic rings. The van der Waals surface area contributed by atoms with Gasteiger partial charge in [-0.15, -0.1) is 0 Å². The summed E-state index contributed by atoms with van der Waals surface area (Å²) in [4.78, 5) is 5.34. The molecule has 0 radical (unpaired) electrons. The third kappa shape index (κ3) is 4.43. The SMILES string of the molecule is CN(CCCNC1CCN2CCCC2C1)C1CCCCC1. The smallest absolute Gasteiger partial charge is 0.0111 e. The zero-order valence-electron chi connectivity index (χ0n) is 14.0. The molecule has 2 saturated heterocycles. The van der Waals surface area contributed by atoms with Crippen LogP contribution in [0.15, 0.2) is 0 Å². The van der Waals surface area contributed by atoms with Gasteiger partial charge in [0.1, 0.15) is 0 Å². The van der Waals surface area contributed by atoms with Crippen molar-refractivity contribution < 1.29 is 0 Å². The van der Waals surface area contributed by atoms with Gasteiger partial charge in [-0.2, -0.15) is 0 Å². The summed E-state index contributed by atoms with van der Waals surface area (Å²) in [7, 11) is 2.34. The second-order valence-corrected chi connectivity index (χ2v) is 7.63. The monoisotopic (exact) mass is 293 g/mol. The average Bonchev–Trinajstić information content (AvgIpc) is 3.00. The van der Waals surface area contributed by atoms with Crippen LogP contribution < -0.4 is 5.32 Å². The lowest BCUT2D eigenvalue weighted by molar-refractivity contribution is 0.163. The van der Waals surface area contributed by atoms with Gasteiger partial charge >= 0.3 is 0 Å². The molecule has 122 valence electrons. The molecule has 0 bridgehead atoms. The Morgan fingerprint density at radius 2 is 1.86 bits per heavy atom. The lowest BCUT2D eigenvalue weighted by atomic mass is 9.94. The van der Waals surface area contributed by atoms with Crippen LogP contribution in [0.5, 0.6) is 0 Å². The molecule has 3 nitrogen and oxygen atoms in total. The summed E-state index contributed by atoms with van der Waals surface area (Å²) in [6.45, 7) is 5.20. The van der Waals surface area contributed by atoms with Crippen molar-refractivity contribution in [2.24, 2.45) is 0 Å². The third-order valence-electron chi connectivity index (χ3n) is 6.14. The molecule has 2 unspecified atom stereocenters. The Kier molecular flexibility index (Phi) is 5.96. The highest BCUT2D eigenvalue weighted by atomic mass is 15.2. The Morgan fingerprint density at radius 1 is 1.00 bits per heavy atom. The summed E-state index contributed by atoms with van der Waals surface area (Å²) in [6.07, 6.45) is 14.2. The fraction of sp³-hybridized carbons (Fsp3) is 1.00. The van der Waals surface area contributed by atoms with Crippen LogP contribution in [-0.2, 0) is 0 Å². The van der Waals surface area contributed by atoms with Gasteiger partial charge in [0.2, 0.25) is 0 Å². The molecule has 1 N–H and O–H groups in total. The fourth-order valence-corrected chi connectivity index (χ4v) is 4.75. The van der Waals surface area contributed by atoms with Crippen LogP contribution in [0.2, 0.25) is 0 Å². The molecule has 1 aliphatic carbocycles. The summed E-state index contributed by atoms with van der Waals surface area (Å²) in [5.41, 5.74) is 0. The summed E-state index contributed by atoms with van der Waals surface area (Å²) in [5, 5.41) is 3.84. The molecule has 2 heterocycles. The standard InChI is InChI=1S/C18H35N3/c1-20(17-7-3-2-4-8-17)12-6-11-19-16-10-14-21-13-5-9-18(21)15-16/h16-19H,2-15H2,1H3. The molecule has 0 amide bonds. The maximum absolute atomic E-state index is 3.84. The summed E-state index contributed by atoms with van der Waals surface area (Å²) in [6, 6.07) is 2.57. The van der Waals surface area contributed by atoms with Gasteiger partial charge in [0.25, 0.3) is 0 Å². The third-order valence-corrected chi connectivity index (χ3v) is 6.14. The Hall–Kier alpha value is -0.120. The van der Waals surface area contributed by atoms with Gasteiger partial charge in [-0.1, -0.05) is 19.3 Å². The predicted molar refractivity (Wildman–Crippen MR) is 89.7 cm³/mol. The van der Waals surface area contributed by atoms with Crippen molar-refractivity contribution >= 4 is 0 Å². The first-order chi connectivity index (χ1) is 10.3. The Morgan fingerprint density at radius 3 is 2.71 bits per heavy atom. The van der Waals surface area contributed by atoms with Crippen molar-refractivity contribution in [2.45, 2.75) is 82.3 Å². The van der Waals surface area contributed by atoms with Crippen molar-refractivity contribution in [2.75, 3.05) is 33.2 Å². The quantitative estimate of drug-likeness (QED) is 0.760. The first-order valence-electron chi connectivity index (χ1n) is 9.50. The first kappa shape index (κ1) is 15.8. The van der Waals surface area contributed by atoms with Crippen LogP contribution in [0.25, 0.3) is 0 Å². The molecule has 3 heteroatoms. The molecule has 0 aromatic carbocycles. The Balaban J connectivity index is 1.27.